The maximum Gasteiger partial charge on any atom is 0.259 e. The number of hydrogen-bond donors (Lipinski definition) is 2. The minimum Gasteiger partial charge on any atom is -0.322 e. The molecule has 0 bridgehead atoms. The lowest BCUT2D eigenvalue weighted by atomic mass is 10.1. The van der Waals surface area contributed by atoms with Gasteiger partial charge in [-0.25, -0.2) is 17.5 Å². The summed E-state index contributed by atoms with van der Waals surface area (Å²) in [5, 5.41) is 7.43. The highest BCUT2D eigenvalue weighted by Crippen LogP contribution is 2.27. The molecule has 174 valence electrons. The first-order valence-corrected chi connectivity index (χ1v) is 12.3. The highest BCUT2D eigenvalue weighted by molar-refractivity contribution is 7.92. The molecule has 0 spiro atoms. The first-order valence-electron chi connectivity index (χ1n) is 10.4. The van der Waals surface area contributed by atoms with Crippen molar-refractivity contribution in [1.82, 2.24) is 9.78 Å². The molecule has 0 radical (unpaired) electrons. The largest absolute Gasteiger partial charge is 0.322 e. The van der Waals surface area contributed by atoms with Crippen molar-refractivity contribution in [2.45, 2.75) is 13.8 Å². The van der Waals surface area contributed by atoms with Gasteiger partial charge in [0.2, 0.25) is 10.0 Å². The van der Waals surface area contributed by atoms with Gasteiger partial charge in [0, 0.05) is 17.4 Å². The van der Waals surface area contributed by atoms with Crippen molar-refractivity contribution in [3.63, 3.8) is 0 Å². The lowest BCUT2D eigenvalue weighted by molar-refractivity contribution is 0.102. The van der Waals surface area contributed by atoms with E-state index in [0.29, 0.717) is 33.9 Å². The van der Waals surface area contributed by atoms with Gasteiger partial charge in [-0.3, -0.25) is 9.52 Å². The number of benzene rings is 3. The van der Waals surface area contributed by atoms with Gasteiger partial charge < -0.3 is 5.32 Å². The molecule has 7 nitrogen and oxygen atoms in total. The molecule has 34 heavy (non-hydrogen) atoms. The van der Waals surface area contributed by atoms with E-state index in [0.717, 1.165) is 17.4 Å². The van der Waals surface area contributed by atoms with Crippen molar-refractivity contribution in [1.29, 1.82) is 0 Å². The molecule has 0 saturated heterocycles. The van der Waals surface area contributed by atoms with Gasteiger partial charge in [0.25, 0.3) is 5.91 Å². The van der Waals surface area contributed by atoms with Gasteiger partial charge in [-0.2, -0.15) is 5.10 Å². The minimum absolute atomic E-state index is 0.313. The van der Waals surface area contributed by atoms with Crippen LogP contribution in [0.4, 0.5) is 15.8 Å². The molecule has 1 heterocycles. The Balaban J connectivity index is 1.73. The van der Waals surface area contributed by atoms with Crippen LogP contribution in [0.2, 0.25) is 0 Å². The maximum atomic E-state index is 13.4. The number of rotatable bonds is 6. The van der Waals surface area contributed by atoms with E-state index in [1.165, 1.54) is 16.8 Å². The second kappa shape index (κ2) is 9.11. The molecule has 0 aliphatic heterocycles. The number of nitrogens with zero attached hydrogens (tertiary/aromatic N) is 2. The SMILES string of the molecule is Cc1cccc(-c2nn(-c3ccc(F)cc3)cc2C(=O)Nc2ccc(C)c(NS(C)(=O)=O)c2)c1. The fraction of sp³-hybridized carbons (Fsp3) is 0.120. The van der Waals surface area contributed by atoms with E-state index in [4.69, 9.17) is 0 Å². The van der Waals surface area contributed by atoms with Crippen LogP contribution in [0, 0.1) is 19.7 Å². The fourth-order valence-corrected chi connectivity index (χ4v) is 4.10. The van der Waals surface area contributed by atoms with E-state index < -0.39 is 15.9 Å². The average Bonchev–Trinajstić information content (AvgIpc) is 3.21. The molecule has 2 N–H and O–H groups in total. The Kier molecular flexibility index (Phi) is 6.21. The summed E-state index contributed by atoms with van der Waals surface area (Å²) in [5.74, 6) is -0.787. The molecule has 0 aliphatic rings. The topological polar surface area (TPSA) is 93.1 Å². The van der Waals surface area contributed by atoms with Crippen LogP contribution < -0.4 is 10.0 Å². The molecule has 4 rings (SSSR count). The Morgan fingerprint density at radius 3 is 2.41 bits per heavy atom. The van der Waals surface area contributed by atoms with Gasteiger partial charge in [0.05, 0.1) is 23.2 Å². The number of aromatic nitrogens is 2. The average molecular weight is 479 g/mol. The first-order chi connectivity index (χ1) is 16.1. The lowest BCUT2D eigenvalue weighted by Crippen LogP contribution is -2.14. The molecular formula is C25H23FN4O3S. The van der Waals surface area contributed by atoms with Gasteiger partial charge in [-0.15, -0.1) is 0 Å². The molecular weight excluding hydrogens is 455 g/mol. The summed E-state index contributed by atoms with van der Waals surface area (Å²) in [6.45, 7) is 3.71. The van der Waals surface area contributed by atoms with Crippen molar-refractivity contribution < 1.29 is 17.6 Å². The minimum atomic E-state index is -3.48. The molecule has 0 unspecified atom stereocenters. The third-order valence-corrected chi connectivity index (χ3v) is 5.72. The van der Waals surface area contributed by atoms with Crippen LogP contribution in [0.3, 0.4) is 0 Å². The molecule has 0 fully saturated rings. The smallest absolute Gasteiger partial charge is 0.259 e. The van der Waals surface area contributed by atoms with Crippen LogP contribution in [0.5, 0.6) is 0 Å². The van der Waals surface area contributed by atoms with E-state index in [2.05, 4.69) is 15.1 Å². The molecule has 1 aromatic heterocycles. The first kappa shape index (κ1) is 23.2. The fourth-order valence-electron chi connectivity index (χ4n) is 3.48. The van der Waals surface area contributed by atoms with Crippen LogP contribution in [0.25, 0.3) is 16.9 Å². The van der Waals surface area contributed by atoms with Gasteiger partial charge in [0.1, 0.15) is 11.5 Å². The summed E-state index contributed by atoms with van der Waals surface area (Å²) < 4.78 is 40.7. The van der Waals surface area contributed by atoms with Crippen LogP contribution in [0.15, 0.2) is 72.9 Å². The standard InChI is InChI=1S/C25H23FN4O3S/c1-16-5-4-6-18(13-16)24-22(15-30(28-24)21-11-8-19(26)9-12-21)25(31)27-20-10-7-17(2)23(14-20)29-34(3,32)33/h4-15,29H,1-3H3,(H,27,31). The summed E-state index contributed by atoms with van der Waals surface area (Å²) in [4.78, 5) is 13.3. The highest BCUT2D eigenvalue weighted by atomic mass is 32.2. The normalized spacial score (nSPS) is 11.3. The summed E-state index contributed by atoms with van der Waals surface area (Å²) in [6.07, 6.45) is 2.65. The number of carbonyl (C=O) groups is 1. The summed E-state index contributed by atoms with van der Waals surface area (Å²) >= 11 is 0. The number of amides is 1. The van der Waals surface area contributed by atoms with Crippen LogP contribution in [-0.2, 0) is 10.0 Å². The second-order valence-electron chi connectivity index (χ2n) is 8.04. The molecule has 1 amide bonds. The van der Waals surface area contributed by atoms with Crippen molar-refractivity contribution in [2.24, 2.45) is 0 Å². The zero-order valence-electron chi connectivity index (χ0n) is 18.8. The number of carbonyl (C=O) groups excluding carboxylic acids is 1. The number of halogens is 1. The lowest BCUT2D eigenvalue weighted by Gasteiger charge is -2.11. The number of nitrogens with one attached hydrogen (secondary N) is 2. The molecule has 0 aliphatic carbocycles. The Bertz CT molecular complexity index is 1480. The maximum absolute atomic E-state index is 13.4. The zero-order valence-corrected chi connectivity index (χ0v) is 19.7. The van der Waals surface area contributed by atoms with Gasteiger partial charge >= 0.3 is 0 Å². The van der Waals surface area contributed by atoms with Gasteiger partial charge in [0.15, 0.2) is 0 Å². The Morgan fingerprint density at radius 1 is 1.00 bits per heavy atom. The van der Waals surface area contributed by atoms with Crippen molar-refractivity contribution in [2.75, 3.05) is 16.3 Å². The Morgan fingerprint density at radius 2 is 1.74 bits per heavy atom. The predicted octanol–water partition coefficient (Wildman–Crippen LogP) is 4.92. The summed E-state index contributed by atoms with van der Waals surface area (Å²) in [6, 6.07) is 18.4. The molecule has 4 aromatic rings. The third kappa shape index (κ3) is 5.32. The number of anilines is 2. The molecule has 0 atom stereocenters. The molecule has 9 heteroatoms. The van der Waals surface area contributed by atoms with E-state index in [1.54, 1.807) is 43.5 Å². The van der Waals surface area contributed by atoms with Crippen molar-refractivity contribution in [3.05, 3.63) is 95.4 Å². The Hall–Kier alpha value is -3.98. The quantitative estimate of drug-likeness (QED) is 0.411. The molecule has 0 saturated carbocycles. The monoisotopic (exact) mass is 478 g/mol. The molecule has 3 aromatic carbocycles. The van der Waals surface area contributed by atoms with Crippen molar-refractivity contribution >= 4 is 27.3 Å². The summed E-state index contributed by atoms with van der Waals surface area (Å²) in [5.41, 5.74) is 4.66. The second-order valence-corrected chi connectivity index (χ2v) is 9.79. The van der Waals surface area contributed by atoms with Crippen LogP contribution in [0.1, 0.15) is 21.5 Å². The van der Waals surface area contributed by atoms with E-state index in [-0.39, 0.29) is 5.82 Å². The summed E-state index contributed by atoms with van der Waals surface area (Å²) in [7, 11) is -3.48. The zero-order chi connectivity index (χ0) is 24.5. The number of aryl methyl sites for hydroxylation is 2. The Labute approximate surface area is 197 Å². The van der Waals surface area contributed by atoms with Gasteiger partial charge in [-0.05, 0) is 61.9 Å². The van der Waals surface area contributed by atoms with Crippen molar-refractivity contribution in [3.8, 4) is 16.9 Å². The van der Waals surface area contributed by atoms with E-state index in [9.17, 15) is 17.6 Å². The van der Waals surface area contributed by atoms with Crippen LogP contribution in [-0.4, -0.2) is 30.4 Å². The third-order valence-electron chi connectivity index (χ3n) is 5.13. The number of hydrogen-bond acceptors (Lipinski definition) is 4. The van der Waals surface area contributed by atoms with E-state index in [1.807, 2.05) is 31.2 Å². The van der Waals surface area contributed by atoms with E-state index >= 15 is 0 Å². The number of sulfonamides is 1. The van der Waals surface area contributed by atoms with Crippen LogP contribution >= 0.6 is 0 Å². The predicted molar refractivity (Wildman–Crippen MR) is 131 cm³/mol. The highest BCUT2D eigenvalue weighted by Gasteiger charge is 2.20. The van der Waals surface area contributed by atoms with Gasteiger partial charge in [-0.1, -0.05) is 29.8 Å².